The van der Waals surface area contributed by atoms with E-state index in [9.17, 15) is 65.4 Å². The highest BCUT2D eigenvalue weighted by atomic mass is 16.7. The molecule has 18 nitrogen and oxygen atoms in total. The van der Waals surface area contributed by atoms with E-state index in [0.29, 0.717) is 0 Å². The van der Waals surface area contributed by atoms with Crippen molar-refractivity contribution in [3.63, 3.8) is 0 Å². The average molecular weight is 707 g/mol. The summed E-state index contributed by atoms with van der Waals surface area (Å²) in [5.41, 5.74) is 0.459. The van der Waals surface area contributed by atoms with Crippen molar-refractivity contribution in [2.45, 2.75) is 55.1 Å². The van der Waals surface area contributed by atoms with Crippen LogP contribution in [0.5, 0.6) is 23.0 Å². The molecule has 0 saturated carbocycles. The van der Waals surface area contributed by atoms with Crippen molar-refractivity contribution < 1.29 is 89.1 Å². The van der Waals surface area contributed by atoms with Crippen molar-refractivity contribution in [3.05, 3.63) is 71.5 Å². The van der Waals surface area contributed by atoms with Crippen LogP contribution in [-0.4, -0.2) is 137 Å². The summed E-state index contributed by atoms with van der Waals surface area (Å²) in [6, 6.07) is 7.35. The summed E-state index contributed by atoms with van der Waals surface area (Å²) in [6.45, 7) is -1.66. The molecule has 4 rings (SSSR count). The molecule has 9 atom stereocenters. The summed E-state index contributed by atoms with van der Waals surface area (Å²) in [5, 5.41) is 98.3. The van der Waals surface area contributed by atoms with E-state index in [0.717, 1.165) is 42.5 Å². The van der Waals surface area contributed by atoms with Crippen LogP contribution in [0.1, 0.15) is 11.1 Å². The van der Waals surface area contributed by atoms with E-state index in [2.05, 4.69) is 0 Å². The second kappa shape index (κ2) is 16.5. The quantitative estimate of drug-likeness (QED) is 0.0665. The summed E-state index contributed by atoms with van der Waals surface area (Å²) in [5.74, 6) is -6.25. The number of carbonyl (C=O) groups is 3. The van der Waals surface area contributed by atoms with E-state index in [1.807, 2.05) is 0 Å². The van der Waals surface area contributed by atoms with Gasteiger partial charge < -0.3 is 74.7 Å². The molecule has 18 heteroatoms. The Morgan fingerprint density at radius 1 is 0.820 bits per heavy atom. The molecule has 0 aliphatic carbocycles. The van der Waals surface area contributed by atoms with Crippen LogP contribution in [-0.2, 0) is 33.3 Å². The molecule has 10 N–H and O–H groups in total. The topological polar surface area (TPSA) is 300 Å². The third-order valence-corrected chi connectivity index (χ3v) is 7.41. The van der Waals surface area contributed by atoms with Crippen molar-refractivity contribution in [3.8, 4) is 23.0 Å². The Bertz CT molecular complexity index is 1630. The van der Waals surface area contributed by atoms with Crippen molar-refractivity contribution >= 4 is 30.1 Å². The lowest BCUT2D eigenvalue weighted by Gasteiger charge is -2.39. The van der Waals surface area contributed by atoms with Crippen LogP contribution >= 0.6 is 0 Å². The summed E-state index contributed by atoms with van der Waals surface area (Å²) >= 11 is 0. The van der Waals surface area contributed by atoms with E-state index < -0.39 is 109 Å². The molecule has 2 aliphatic rings. The minimum absolute atomic E-state index is 0.191. The fourth-order valence-corrected chi connectivity index (χ4v) is 4.79. The first-order chi connectivity index (χ1) is 23.7. The molecule has 50 heavy (non-hydrogen) atoms. The highest BCUT2D eigenvalue weighted by molar-refractivity contribution is 5.89. The molecule has 1 saturated heterocycles. The predicted molar refractivity (Wildman–Crippen MR) is 164 cm³/mol. The Balaban J connectivity index is 1.49. The molecule has 1 unspecified atom stereocenters. The molecular weight excluding hydrogens is 672 g/mol. The molecule has 2 aromatic carbocycles. The third kappa shape index (κ3) is 9.07. The zero-order valence-corrected chi connectivity index (χ0v) is 25.7. The van der Waals surface area contributed by atoms with E-state index in [1.54, 1.807) is 0 Å². The molecule has 0 aromatic heterocycles. The first kappa shape index (κ1) is 37.6. The van der Waals surface area contributed by atoms with Gasteiger partial charge >= 0.3 is 17.9 Å². The number of hydrogen-bond acceptors (Lipinski definition) is 17. The Morgan fingerprint density at radius 2 is 1.44 bits per heavy atom. The zero-order chi connectivity index (χ0) is 36.7. The Labute approximate surface area is 282 Å². The highest BCUT2D eigenvalue weighted by Crippen LogP contribution is 2.32. The number of carboxylic acid groups (broad SMARTS) is 1. The van der Waals surface area contributed by atoms with Crippen molar-refractivity contribution in [1.29, 1.82) is 0 Å². The second-order valence-electron chi connectivity index (χ2n) is 10.9. The fourth-order valence-electron chi connectivity index (χ4n) is 4.79. The van der Waals surface area contributed by atoms with E-state index in [4.69, 9.17) is 23.7 Å². The maximum Gasteiger partial charge on any atom is 0.370 e. The van der Waals surface area contributed by atoms with Crippen LogP contribution in [0.25, 0.3) is 12.2 Å². The average Bonchev–Trinajstić information content (AvgIpc) is 3.09. The number of aliphatic hydroxyl groups excluding tert-OH is 6. The number of aliphatic carboxylic acids is 1. The van der Waals surface area contributed by atoms with E-state index >= 15 is 0 Å². The third-order valence-electron chi connectivity index (χ3n) is 7.41. The number of esters is 2. The van der Waals surface area contributed by atoms with Gasteiger partial charge in [-0.05, 0) is 47.5 Å². The molecule has 2 aromatic rings. The predicted octanol–water partition coefficient (Wildman–Crippen LogP) is -1.75. The van der Waals surface area contributed by atoms with Gasteiger partial charge in [0.25, 0.3) is 0 Å². The van der Waals surface area contributed by atoms with Crippen LogP contribution in [0.15, 0.2) is 60.4 Å². The summed E-state index contributed by atoms with van der Waals surface area (Å²) in [6.07, 6.45) is -9.89. The van der Waals surface area contributed by atoms with Crippen LogP contribution < -0.4 is 4.74 Å². The molecule has 270 valence electrons. The number of aromatic hydroxyl groups is 3. The van der Waals surface area contributed by atoms with Gasteiger partial charge in [-0.25, -0.2) is 14.4 Å². The van der Waals surface area contributed by atoms with Crippen LogP contribution in [0.4, 0.5) is 0 Å². The summed E-state index contributed by atoms with van der Waals surface area (Å²) in [4.78, 5) is 37.3. The van der Waals surface area contributed by atoms with Crippen molar-refractivity contribution in [2.75, 3.05) is 13.2 Å². The van der Waals surface area contributed by atoms with Gasteiger partial charge in [-0.15, -0.1) is 0 Å². The number of ether oxygens (including phenoxy) is 5. The number of phenolic OH excluding ortho intramolecular Hbond substituents is 3. The van der Waals surface area contributed by atoms with Gasteiger partial charge in [0.1, 0.15) is 30.5 Å². The molecule has 0 bridgehead atoms. The van der Waals surface area contributed by atoms with Crippen molar-refractivity contribution in [1.82, 2.24) is 0 Å². The number of hydrogen-bond donors (Lipinski definition) is 10. The van der Waals surface area contributed by atoms with Gasteiger partial charge in [0.2, 0.25) is 12.0 Å². The Morgan fingerprint density at radius 3 is 2.02 bits per heavy atom. The van der Waals surface area contributed by atoms with Gasteiger partial charge in [-0.3, -0.25) is 0 Å². The SMILES string of the molecule is O=C(/C=C/c1ccc(O)c(O)c1)O[C@H]1[C@@H](C(O)CO)OC(C(=O)O)=C[C@H]1OC(=O)/C=C/c1ccc(O[C@@H]2O[C@H](CO)[C@@H](O)[C@H](O)[C@H]2O)c(O)c1. The van der Waals surface area contributed by atoms with Gasteiger partial charge in [-0.1, -0.05) is 12.1 Å². The van der Waals surface area contributed by atoms with Gasteiger partial charge in [0.15, 0.2) is 41.3 Å². The van der Waals surface area contributed by atoms with Crippen LogP contribution in [0.2, 0.25) is 0 Å². The monoisotopic (exact) mass is 706 g/mol. The van der Waals surface area contributed by atoms with Crippen LogP contribution in [0, 0.1) is 0 Å². The molecule has 2 aliphatic heterocycles. The summed E-state index contributed by atoms with van der Waals surface area (Å²) in [7, 11) is 0. The first-order valence-corrected chi connectivity index (χ1v) is 14.7. The lowest BCUT2D eigenvalue weighted by Crippen LogP contribution is -2.60. The number of carbonyl (C=O) groups excluding carboxylic acids is 2. The maximum atomic E-state index is 12.8. The fraction of sp³-hybridized carbons (Fsp3) is 0.344. The van der Waals surface area contributed by atoms with Gasteiger partial charge in [0, 0.05) is 18.2 Å². The molecule has 2 heterocycles. The minimum Gasteiger partial charge on any atom is -0.504 e. The number of benzene rings is 2. The largest absolute Gasteiger partial charge is 0.504 e. The van der Waals surface area contributed by atoms with Gasteiger partial charge in [0.05, 0.1) is 13.2 Å². The maximum absolute atomic E-state index is 12.8. The molecular formula is C32H34O18. The highest BCUT2D eigenvalue weighted by Gasteiger charge is 2.46. The van der Waals surface area contributed by atoms with E-state index in [-0.39, 0.29) is 16.9 Å². The number of phenols is 3. The van der Waals surface area contributed by atoms with Crippen molar-refractivity contribution in [2.24, 2.45) is 0 Å². The molecule has 0 amide bonds. The zero-order valence-electron chi connectivity index (χ0n) is 25.7. The standard InChI is InChI=1S/C32H34O18/c33-12-19(38)29-30(50-25(40)8-4-14-1-5-16(35)17(36)9-14)21(11-22(47-29)31(44)45)46-24(39)7-3-15-2-6-20(18(37)10-15)48-32-28(43)27(42)26(41)23(13-34)49-32/h1-11,19,21,23,26-30,32-38,41-43H,12-13H2,(H,44,45)/b7-3+,8-4+/t19?,21-,23-,26-,27+,28-,29-,30-,32-/m1/s1. The van der Waals surface area contributed by atoms with E-state index in [1.165, 1.54) is 24.3 Å². The van der Waals surface area contributed by atoms with Crippen LogP contribution in [0.3, 0.4) is 0 Å². The number of carboxylic acids is 1. The number of aliphatic hydroxyl groups is 6. The second-order valence-corrected chi connectivity index (χ2v) is 10.9. The summed E-state index contributed by atoms with van der Waals surface area (Å²) < 4.78 is 26.6. The lowest BCUT2D eigenvalue weighted by atomic mass is 9.99. The molecule has 1 fully saturated rings. The Kier molecular flexibility index (Phi) is 12.4. The molecule has 0 radical (unpaired) electrons. The smallest absolute Gasteiger partial charge is 0.370 e. The van der Waals surface area contributed by atoms with Gasteiger partial charge in [-0.2, -0.15) is 0 Å². The number of rotatable bonds is 12. The lowest BCUT2D eigenvalue weighted by molar-refractivity contribution is -0.277. The Hall–Kier alpha value is -5.21. The molecule has 0 spiro atoms. The first-order valence-electron chi connectivity index (χ1n) is 14.7. The normalized spacial score (nSPS) is 27.3. The minimum atomic E-state index is -1.81.